The van der Waals surface area contributed by atoms with Crippen LogP contribution in [0.1, 0.15) is 55.4 Å². The number of ether oxygens (including phenoxy) is 2. The van der Waals surface area contributed by atoms with Crippen LogP contribution in [0.3, 0.4) is 0 Å². The number of methoxy groups -OCH3 is 1. The molecule has 194 valence electrons. The van der Waals surface area contributed by atoms with Gasteiger partial charge in [-0.25, -0.2) is 0 Å². The molecule has 36 heavy (non-hydrogen) atoms. The number of morpholine rings is 1. The predicted molar refractivity (Wildman–Crippen MR) is 143 cm³/mol. The average Bonchev–Trinajstić information content (AvgIpc) is 2.87. The molecule has 0 spiro atoms. The Morgan fingerprint density at radius 2 is 1.75 bits per heavy atom. The van der Waals surface area contributed by atoms with Crippen LogP contribution >= 0.6 is 0 Å². The molecule has 1 aliphatic rings. The Morgan fingerprint density at radius 3 is 2.31 bits per heavy atom. The molecular weight excluding hydrogens is 456 g/mol. The lowest BCUT2D eigenvalue weighted by Crippen LogP contribution is -2.35. The fourth-order valence-corrected chi connectivity index (χ4v) is 4.20. The van der Waals surface area contributed by atoms with E-state index < -0.39 is 0 Å². The van der Waals surface area contributed by atoms with Gasteiger partial charge < -0.3 is 25.0 Å². The second-order valence-corrected chi connectivity index (χ2v) is 8.81. The predicted octanol–water partition coefficient (Wildman–Crippen LogP) is 4.34. The lowest BCUT2D eigenvalue weighted by molar-refractivity contribution is -0.119. The van der Waals surface area contributed by atoms with Crippen LogP contribution in [0.2, 0.25) is 0 Å². The smallest absolute Gasteiger partial charge is 0.224 e. The molecule has 7 nitrogen and oxygen atoms in total. The first kappa shape index (κ1) is 28.8. The quantitative estimate of drug-likeness (QED) is 0.273. The second kappa shape index (κ2) is 14.2. The van der Waals surface area contributed by atoms with Gasteiger partial charge in [-0.15, -0.1) is 12.8 Å². The zero-order valence-electron chi connectivity index (χ0n) is 21.7. The van der Waals surface area contributed by atoms with Gasteiger partial charge in [0.1, 0.15) is 17.3 Å². The second-order valence-electron chi connectivity index (χ2n) is 8.81. The summed E-state index contributed by atoms with van der Waals surface area (Å²) in [5, 5.41) is 23.8. The highest BCUT2D eigenvalue weighted by molar-refractivity contribution is 5.98. The summed E-state index contributed by atoms with van der Waals surface area (Å²) >= 11 is 0. The Balaban J connectivity index is 0.00000222. The van der Waals surface area contributed by atoms with Crippen molar-refractivity contribution in [1.29, 1.82) is 0 Å². The summed E-state index contributed by atoms with van der Waals surface area (Å²) in [7, 11) is 1.53. The van der Waals surface area contributed by atoms with Crippen LogP contribution in [0.15, 0.2) is 36.4 Å². The summed E-state index contributed by atoms with van der Waals surface area (Å²) in [6, 6.07) is 11.2. The van der Waals surface area contributed by atoms with Gasteiger partial charge in [-0.05, 0) is 35.6 Å². The lowest BCUT2D eigenvalue weighted by atomic mass is 9.93. The molecule has 2 aromatic rings. The highest BCUT2D eigenvalue weighted by Crippen LogP contribution is 2.39. The van der Waals surface area contributed by atoms with Crippen LogP contribution in [0.25, 0.3) is 11.3 Å². The van der Waals surface area contributed by atoms with Gasteiger partial charge in [0.2, 0.25) is 5.91 Å². The van der Waals surface area contributed by atoms with E-state index in [0.29, 0.717) is 29.0 Å². The average molecular weight is 495 g/mol. The van der Waals surface area contributed by atoms with Gasteiger partial charge in [-0.1, -0.05) is 38.1 Å². The Bertz CT molecular complexity index is 1050. The number of amides is 1. The molecule has 0 aliphatic carbocycles. The van der Waals surface area contributed by atoms with Crippen LogP contribution < -0.4 is 5.32 Å². The molecule has 0 saturated carbocycles. The van der Waals surface area contributed by atoms with Crippen molar-refractivity contribution < 1.29 is 24.5 Å². The molecule has 0 aromatic heterocycles. The molecule has 3 N–H and O–H groups in total. The van der Waals surface area contributed by atoms with E-state index >= 15 is 0 Å². The third kappa shape index (κ3) is 7.51. The Labute approximate surface area is 214 Å². The van der Waals surface area contributed by atoms with Crippen molar-refractivity contribution >= 4 is 17.2 Å². The Hall–Kier alpha value is -3.47. The minimum atomic E-state index is -0.133. The molecule has 0 unspecified atom stereocenters. The zero-order chi connectivity index (χ0) is 26.7. The summed E-state index contributed by atoms with van der Waals surface area (Å²) in [5.74, 6) is 0.252. The first-order valence-corrected chi connectivity index (χ1v) is 12.2. The summed E-state index contributed by atoms with van der Waals surface area (Å²) in [5.41, 5.74) is 3.83. The minimum absolute atomic E-state index is 0.0319. The van der Waals surface area contributed by atoms with Crippen LogP contribution in [0, 0.1) is 12.8 Å². The topological polar surface area (TPSA) is 91.3 Å². The van der Waals surface area contributed by atoms with E-state index in [9.17, 15) is 15.0 Å². The highest BCUT2D eigenvalue weighted by Gasteiger charge is 2.21. The monoisotopic (exact) mass is 494 g/mol. The molecule has 1 heterocycles. The maximum Gasteiger partial charge on any atom is 0.224 e. The summed E-state index contributed by atoms with van der Waals surface area (Å²) < 4.78 is 11.2. The number of carbonyl (C=O) groups excluding carboxylic acids is 1. The molecule has 1 amide bonds. The number of aromatic hydroxyl groups is 2. The molecule has 0 bridgehead atoms. The molecule has 0 atom stereocenters. The van der Waals surface area contributed by atoms with Crippen LogP contribution in [-0.4, -0.2) is 61.0 Å². The SMILES string of the molecule is C#C.CCNC(=O)C/C(=C(\OC)c1cc(C(C)C)c(O)cc1O)c1ccc(CN2CCOCC2)cc1. The van der Waals surface area contributed by atoms with Crippen molar-refractivity contribution in [3.05, 3.63) is 58.7 Å². The number of carbonyl (C=O) groups is 1. The number of rotatable bonds is 9. The lowest BCUT2D eigenvalue weighted by Gasteiger charge is -2.26. The van der Waals surface area contributed by atoms with Crippen LogP contribution in [0.4, 0.5) is 0 Å². The van der Waals surface area contributed by atoms with Crippen molar-refractivity contribution in [3.63, 3.8) is 0 Å². The minimum Gasteiger partial charge on any atom is -0.508 e. The third-order valence-electron chi connectivity index (χ3n) is 6.01. The number of nitrogens with zero attached hydrogens (tertiary/aromatic N) is 1. The number of benzene rings is 2. The van der Waals surface area contributed by atoms with Gasteiger partial charge >= 0.3 is 0 Å². The van der Waals surface area contributed by atoms with E-state index in [1.807, 2.05) is 32.9 Å². The van der Waals surface area contributed by atoms with Gasteiger partial charge in [-0.2, -0.15) is 0 Å². The van der Waals surface area contributed by atoms with Crippen molar-refractivity contribution in [2.45, 2.75) is 39.7 Å². The van der Waals surface area contributed by atoms with Crippen LogP contribution in [-0.2, 0) is 20.8 Å². The number of hydrogen-bond acceptors (Lipinski definition) is 6. The van der Waals surface area contributed by atoms with E-state index in [1.54, 1.807) is 6.07 Å². The fraction of sp³-hybridized carbons (Fsp3) is 0.414. The normalized spacial score (nSPS) is 14.4. The molecular formula is C29H38N2O5. The number of hydrogen-bond donors (Lipinski definition) is 3. The largest absolute Gasteiger partial charge is 0.508 e. The van der Waals surface area contributed by atoms with E-state index in [0.717, 1.165) is 38.4 Å². The first-order valence-electron chi connectivity index (χ1n) is 12.2. The van der Waals surface area contributed by atoms with Gasteiger partial charge in [0, 0.05) is 37.8 Å². The van der Waals surface area contributed by atoms with E-state index in [1.165, 1.54) is 18.7 Å². The van der Waals surface area contributed by atoms with Crippen molar-refractivity contribution in [2.24, 2.45) is 0 Å². The van der Waals surface area contributed by atoms with Crippen molar-refractivity contribution in [1.82, 2.24) is 10.2 Å². The Kier molecular flexibility index (Phi) is 11.3. The summed E-state index contributed by atoms with van der Waals surface area (Å²) in [6.45, 7) is 10.5. The molecule has 1 aliphatic heterocycles. The van der Waals surface area contributed by atoms with E-state index in [2.05, 4.69) is 35.2 Å². The van der Waals surface area contributed by atoms with Crippen molar-refractivity contribution in [3.8, 4) is 24.3 Å². The molecule has 3 rings (SSSR count). The molecule has 2 aromatic carbocycles. The molecule has 1 saturated heterocycles. The van der Waals surface area contributed by atoms with Gasteiger partial charge in [0.25, 0.3) is 0 Å². The number of nitrogens with one attached hydrogen (secondary N) is 1. The zero-order valence-corrected chi connectivity index (χ0v) is 21.7. The van der Waals surface area contributed by atoms with E-state index in [-0.39, 0.29) is 29.7 Å². The first-order chi connectivity index (χ1) is 17.3. The van der Waals surface area contributed by atoms with Crippen molar-refractivity contribution in [2.75, 3.05) is 40.0 Å². The summed E-state index contributed by atoms with van der Waals surface area (Å²) in [6.07, 6.45) is 8.09. The number of phenolic OH excluding ortho intramolecular Hbond substituents is 2. The number of terminal acetylenes is 1. The maximum absolute atomic E-state index is 12.6. The van der Waals surface area contributed by atoms with E-state index in [4.69, 9.17) is 9.47 Å². The molecule has 0 radical (unpaired) electrons. The molecule has 1 fully saturated rings. The van der Waals surface area contributed by atoms with Crippen LogP contribution in [0.5, 0.6) is 11.5 Å². The maximum atomic E-state index is 12.6. The summed E-state index contributed by atoms with van der Waals surface area (Å²) in [4.78, 5) is 15.0. The molecule has 7 heteroatoms. The van der Waals surface area contributed by atoms with Gasteiger partial charge in [-0.3, -0.25) is 9.69 Å². The fourth-order valence-electron chi connectivity index (χ4n) is 4.20. The third-order valence-corrected chi connectivity index (χ3v) is 6.01. The number of phenols is 2. The Morgan fingerprint density at radius 1 is 1.11 bits per heavy atom. The van der Waals surface area contributed by atoms with Gasteiger partial charge in [0.05, 0.1) is 32.3 Å². The highest BCUT2D eigenvalue weighted by atomic mass is 16.5. The van der Waals surface area contributed by atoms with Gasteiger partial charge in [0.15, 0.2) is 0 Å². The standard InChI is InChI=1S/C27H36N2O5.C2H2/c1-5-28-26(32)15-22(20-8-6-19(7-9-20)17-29-10-12-34-13-11-29)27(33-4)23-14-21(18(2)3)24(30)16-25(23)31;1-2/h6-9,14,16,18,30-31H,5,10-13,15,17H2,1-4H3,(H,28,32);1-2H/b27-22+;.